The molecule has 0 saturated heterocycles. The molecule has 2 heterocycles. The van der Waals surface area contributed by atoms with Gasteiger partial charge in [0.15, 0.2) is 0 Å². The smallest absolute Gasteiger partial charge is 1.00 e. The van der Waals surface area contributed by atoms with E-state index in [4.69, 9.17) is 0 Å². The summed E-state index contributed by atoms with van der Waals surface area (Å²) in [7, 11) is -10.7. The van der Waals surface area contributed by atoms with Gasteiger partial charge in [0.2, 0.25) is 13.3 Å². The van der Waals surface area contributed by atoms with Gasteiger partial charge in [-0.1, -0.05) is 36.4 Å². The SMILES string of the molecule is C=CCN1[C]N(Cc2cccc(CN3[C]N(CC=C)C=C3)c2)C=C1.F[P-](F)(F)(F)(F)F.[Ag+]. The number of benzene rings is 1. The maximum absolute atomic E-state index is 10.7. The van der Waals surface area contributed by atoms with Crippen LogP contribution in [0.25, 0.3) is 0 Å². The number of halogens is 6. The molecule has 3 rings (SSSR count). The molecule has 2 aliphatic rings. The first-order valence-electron chi connectivity index (χ1n) is 9.03. The second-order valence-corrected chi connectivity index (χ2v) is 8.63. The van der Waals surface area contributed by atoms with Gasteiger partial charge in [-0.05, 0) is 11.1 Å². The van der Waals surface area contributed by atoms with E-state index in [0.29, 0.717) is 0 Å². The minimum absolute atomic E-state index is 0. The van der Waals surface area contributed by atoms with Crippen LogP contribution in [0.3, 0.4) is 0 Å². The molecule has 0 amide bonds. The molecule has 0 saturated carbocycles. The Morgan fingerprint density at radius 1 is 0.719 bits per heavy atom. The Hall–Kier alpha value is -1.87. The van der Waals surface area contributed by atoms with Crippen molar-refractivity contribution in [1.29, 1.82) is 0 Å². The third kappa shape index (κ3) is 12.9. The second kappa shape index (κ2) is 10.4. The summed E-state index contributed by atoms with van der Waals surface area (Å²) in [6, 6.07) is 8.63. The van der Waals surface area contributed by atoms with Gasteiger partial charge in [0.1, 0.15) is 0 Å². The summed E-state index contributed by atoms with van der Waals surface area (Å²) < 4.78 is 59.2. The van der Waals surface area contributed by atoms with Gasteiger partial charge in [-0.3, -0.25) is 0 Å². The fourth-order valence-electron chi connectivity index (χ4n) is 2.66. The molecule has 0 N–H and O–H groups in total. The number of nitrogens with zero attached hydrogens (tertiary/aromatic N) is 4. The van der Waals surface area contributed by atoms with Crippen LogP contribution in [0, 0.1) is 13.3 Å². The first kappa shape index (κ1) is 28.2. The summed E-state index contributed by atoms with van der Waals surface area (Å²) >= 11 is 0. The summed E-state index contributed by atoms with van der Waals surface area (Å²) in [5.41, 5.74) is 2.52. The van der Waals surface area contributed by atoms with Crippen LogP contribution in [0.2, 0.25) is 0 Å². The van der Waals surface area contributed by atoms with Crippen LogP contribution >= 0.6 is 7.81 Å². The molecule has 0 fully saturated rings. The van der Waals surface area contributed by atoms with Gasteiger partial charge in [0.05, 0.1) is 0 Å². The molecule has 4 radical (unpaired) electrons. The van der Waals surface area contributed by atoms with Gasteiger partial charge >= 0.3 is 55.4 Å². The molecule has 1 aromatic carbocycles. The minimum Gasteiger partial charge on any atom is 1.00 e. The monoisotopic (exact) mass is 570 g/mol. The third-order valence-corrected chi connectivity index (χ3v) is 3.72. The molecule has 0 spiro atoms. The predicted octanol–water partition coefficient (Wildman–Crippen LogP) is 6.61. The van der Waals surface area contributed by atoms with Crippen LogP contribution in [-0.2, 0) is 35.5 Å². The van der Waals surface area contributed by atoms with Crippen LogP contribution in [0.5, 0.6) is 0 Å². The van der Waals surface area contributed by atoms with Crippen molar-refractivity contribution in [2.75, 3.05) is 13.1 Å². The third-order valence-electron chi connectivity index (χ3n) is 3.72. The molecule has 32 heavy (non-hydrogen) atoms. The normalized spacial score (nSPS) is 17.3. The minimum atomic E-state index is -10.7. The zero-order valence-electron chi connectivity index (χ0n) is 16.8. The van der Waals surface area contributed by atoms with Crippen LogP contribution in [0.4, 0.5) is 25.2 Å². The Kier molecular flexibility index (Phi) is 9.13. The van der Waals surface area contributed by atoms with E-state index in [0.717, 1.165) is 26.2 Å². The zero-order chi connectivity index (χ0) is 23.2. The summed E-state index contributed by atoms with van der Waals surface area (Å²) in [6.07, 6.45) is 11.8. The van der Waals surface area contributed by atoms with Crippen molar-refractivity contribution in [3.63, 3.8) is 0 Å². The number of hydrogen-bond acceptors (Lipinski definition) is 4. The van der Waals surface area contributed by atoms with Crippen molar-refractivity contribution in [2.24, 2.45) is 0 Å². The van der Waals surface area contributed by atoms with E-state index in [9.17, 15) is 25.2 Å². The van der Waals surface area contributed by atoms with Crippen LogP contribution in [-0.4, -0.2) is 32.7 Å². The summed E-state index contributed by atoms with van der Waals surface area (Å²) in [6.45, 7) is 17.3. The van der Waals surface area contributed by atoms with Gasteiger partial charge in [-0.15, -0.1) is 13.2 Å². The van der Waals surface area contributed by atoms with E-state index in [1.807, 2.05) is 46.8 Å². The van der Waals surface area contributed by atoms with Crippen molar-refractivity contribution < 1.29 is 47.6 Å². The molecule has 180 valence electrons. The van der Waals surface area contributed by atoms with Crippen LogP contribution < -0.4 is 0 Å². The first-order chi connectivity index (χ1) is 14.2. The topological polar surface area (TPSA) is 13.0 Å². The largest absolute Gasteiger partial charge is 1.00 e. The fourth-order valence-corrected chi connectivity index (χ4v) is 2.66. The second-order valence-electron chi connectivity index (χ2n) is 6.71. The standard InChI is InChI=1S/C20H22N4.Ag.F6P/c1-3-8-21-10-12-23(17-21)15-19-6-5-7-20(14-19)16-24-13-11-22(18-24)9-4-2;;1-7(2,3,4,5)6/h3-7,10-14H,1-2,8-9,15-16H2;;/q;+1;-1. The molecule has 2 aliphatic heterocycles. The maximum Gasteiger partial charge on any atom is 1.00 e. The molecular weight excluding hydrogens is 549 g/mol. The van der Waals surface area contributed by atoms with E-state index in [2.05, 4.69) is 60.6 Å². The molecule has 0 aliphatic carbocycles. The van der Waals surface area contributed by atoms with Gasteiger partial charge in [-0.25, -0.2) is 0 Å². The van der Waals surface area contributed by atoms with E-state index in [1.165, 1.54) is 11.1 Å². The van der Waals surface area contributed by atoms with Gasteiger partial charge < -0.3 is 19.6 Å². The van der Waals surface area contributed by atoms with E-state index >= 15 is 0 Å². The van der Waals surface area contributed by atoms with Crippen molar-refractivity contribution in [1.82, 2.24) is 19.6 Å². The Morgan fingerprint density at radius 3 is 1.41 bits per heavy atom. The summed E-state index contributed by atoms with van der Waals surface area (Å²) in [5, 5.41) is 0. The van der Waals surface area contributed by atoms with Gasteiger partial charge in [-0.2, -0.15) is 0 Å². The molecule has 0 aromatic heterocycles. The average molecular weight is 571 g/mol. The van der Waals surface area contributed by atoms with Gasteiger partial charge in [0.25, 0.3) is 0 Å². The molecule has 0 atom stereocenters. The first-order valence-corrected chi connectivity index (χ1v) is 11.1. The Balaban J connectivity index is 0.000000558. The Morgan fingerprint density at radius 2 is 1.06 bits per heavy atom. The van der Waals surface area contributed by atoms with Crippen molar-refractivity contribution in [3.05, 3.63) is 98.8 Å². The van der Waals surface area contributed by atoms with E-state index < -0.39 is 7.81 Å². The van der Waals surface area contributed by atoms with Crippen LogP contribution in [0.1, 0.15) is 11.1 Å². The van der Waals surface area contributed by atoms with E-state index in [-0.39, 0.29) is 22.4 Å². The Labute approximate surface area is 199 Å². The molecule has 0 unspecified atom stereocenters. The predicted molar refractivity (Wildman–Crippen MR) is 110 cm³/mol. The van der Waals surface area contributed by atoms with E-state index in [1.54, 1.807) is 0 Å². The molecular formula is C20H22AgF6N4P. The zero-order valence-corrected chi connectivity index (χ0v) is 19.2. The average Bonchev–Trinajstić information content (AvgIpc) is 3.23. The number of hydrogen-bond donors (Lipinski definition) is 0. The van der Waals surface area contributed by atoms with Crippen LogP contribution in [0.15, 0.2) is 74.4 Å². The summed E-state index contributed by atoms with van der Waals surface area (Å²) in [4.78, 5) is 8.10. The quantitative estimate of drug-likeness (QED) is 0.151. The van der Waals surface area contributed by atoms with Gasteiger partial charge in [0, 0.05) is 51.0 Å². The molecule has 4 nitrogen and oxygen atoms in total. The van der Waals surface area contributed by atoms with Crippen molar-refractivity contribution in [3.8, 4) is 0 Å². The Bertz CT molecular complexity index is 782. The van der Waals surface area contributed by atoms with Crippen molar-refractivity contribution in [2.45, 2.75) is 13.1 Å². The summed E-state index contributed by atoms with van der Waals surface area (Å²) in [5.74, 6) is 0. The molecule has 1 aromatic rings. The number of rotatable bonds is 8. The molecule has 12 heteroatoms. The fraction of sp³-hybridized carbons (Fsp3) is 0.200. The maximum atomic E-state index is 9.87. The molecule has 0 bridgehead atoms. The van der Waals surface area contributed by atoms with Crippen molar-refractivity contribution >= 4 is 7.81 Å².